The molecule has 7 unspecified atom stereocenters. The van der Waals surface area contributed by atoms with Gasteiger partial charge in [-0.3, -0.25) is 16.0 Å². The fraction of sp³-hybridized carbons (Fsp3) is 0.795. The number of hydrogen-bond acceptors (Lipinski definition) is 3. The van der Waals surface area contributed by atoms with E-state index in [1.807, 2.05) is 0 Å². The van der Waals surface area contributed by atoms with Gasteiger partial charge in [0.2, 0.25) is 0 Å². The predicted molar refractivity (Wildman–Crippen MR) is 183 cm³/mol. The van der Waals surface area contributed by atoms with Gasteiger partial charge < -0.3 is 0 Å². The number of rotatable bonds is 5. The van der Waals surface area contributed by atoms with Crippen molar-refractivity contribution in [3.05, 3.63) is 46.6 Å². The summed E-state index contributed by atoms with van der Waals surface area (Å²) in [5, 5.41) is 12.4. The lowest BCUT2D eigenvalue weighted by molar-refractivity contribution is 0.0857. The maximum atomic E-state index is 4.16. The zero-order valence-corrected chi connectivity index (χ0v) is 29.8. The molecule has 3 N–H and O–H groups in total. The molecule has 0 saturated carbocycles. The van der Waals surface area contributed by atoms with Crippen molar-refractivity contribution in [2.45, 2.75) is 153 Å². The molecule has 0 radical (unpaired) electrons. The van der Waals surface area contributed by atoms with E-state index in [0.717, 1.165) is 6.42 Å². The van der Waals surface area contributed by atoms with Crippen molar-refractivity contribution in [1.29, 1.82) is 0 Å². The second-order valence-corrected chi connectivity index (χ2v) is 18.5. The van der Waals surface area contributed by atoms with E-state index in [4.69, 9.17) is 0 Å². The van der Waals surface area contributed by atoms with Crippen molar-refractivity contribution in [2.24, 2.45) is 45.3 Å². The molecule has 0 amide bonds. The Morgan fingerprint density at radius 3 is 1.88 bits per heavy atom. The first-order valence-corrected chi connectivity index (χ1v) is 17.3. The molecular weight excluding hydrogens is 510 g/mol. The summed E-state index contributed by atoms with van der Waals surface area (Å²) in [4.78, 5) is 0. The molecule has 42 heavy (non-hydrogen) atoms. The van der Waals surface area contributed by atoms with E-state index in [9.17, 15) is 0 Å². The van der Waals surface area contributed by atoms with Crippen molar-refractivity contribution >= 4 is 0 Å². The summed E-state index contributed by atoms with van der Waals surface area (Å²) in [5.74, 6) is 2.36. The molecule has 1 aliphatic heterocycles. The van der Waals surface area contributed by atoms with Crippen LogP contribution >= 0.6 is 0 Å². The first-order chi connectivity index (χ1) is 19.2. The molecule has 0 spiro atoms. The minimum atomic E-state index is 0.200. The third kappa shape index (κ3) is 8.10. The number of nitrogens with one attached hydrogen (secondary N) is 3. The number of allylic oxidation sites excluding steroid dienone is 7. The van der Waals surface area contributed by atoms with Crippen LogP contribution in [-0.4, -0.2) is 18.5 Å². The average molecular weight is 578 g/mol. The maximum absolute atomic E-state index is 4.16. The molecule has 0 aromatic carbocycles. The van der Waals surface area contributed by atoms with Crippen molar-refractivity contribution in [2.75, 3.05) is 0 Å². The van der Waals surface area contributed by atoms with Gasteiger partial charge in [-0.2, -0.15) is 0 Å². The summed E-state index contributed by atoms with van der Waals surface area (Å²) < 4.78 is 0. The predicted octanol–water partition coefficient (Wildman–Crippen LogP) is 9.89. The fourth-order valence-electron chi connectivity index (χ4n) is 9.27. The minimum Gasteiger partial charge on any atom is -0.286 e. The summed E-state index contributed by atoms with van der Waals surface area (Å²) >= 11 is 0. The van der Waals surface area contributed by atoms with Gasteiger partial charge in [0.1, 0.15) is 0 Å². The largest absolute Gasteiger partial charge is 0.286 e. The van der Waals surface area contributed by atoms with E-state index in [0.29, 0.717) is 41.4 Å². The van der Waals surface area contributed by atoms with Gasteiger partial charge in [-0.25, -0.2) is 0 Å². The molecule has 0 bridgehead atoms. The second kappa shape index (κ2) is 12.3. The zero-order chi connectivity index (χ0) is 31.3. The van der Waals surface area contributed by atoms with E-state index >= 15 is 0 Å². The summed E-state index contributed by atoms with van der Waals surface area (Å²) in [6.45, 7) is 31.1. The van der Waals surface area contributed by atoms with Crippen LogP contribution in [0.3, 0.4) is 0 Å². The number of hydrogen-bond donors (Lipinski definition) is 3. The lowest BCUT2D eigenvalue weighted by atomic mass is 9.70. The lowest BCUT2D eigenvalue weighted by Crippen LogP contribution is -2.72. The highest BCUT2D eigenvalue weighted by Crippen LogP contribution is 2.44. The minimum absolute atomic E-state index is 0.200. The Bertz CT molecular complexity index is 1070. The molecular formula is C39H67N3. The van der Waals surface area contributed by atoms with Crippen LogP contribution in [0.4, 0.5) is 0 Å². The SMILES string of the molecule is CC1=C(C(C)(C)C)CCC(C2NC(C3C=CC(C(C)(C)CC(C)(C)C)=CC3)NC(C3CC=C(C(C)(C)C)C(C)C3)N2)C1. The van der Waals surface area contributed by atoms with E-state index in [-0.39, 0.29) is 22.4 Å². The Kier molecular flexibility index (Phi) is 9.89. The van der Waals surface area contributed by atoms with Crippen LogP contribution in [0.1, 0.15) is 135 Å². The summed E-state index contributed by atoms with van der Waals surface area (Å²) in [6, 6.07) is 0. The highest BCUT2D eigenvalue weighted by atomic mass is 15.4. The van der Waals surface area contributed by atoms with Crippen molar-refractivity contribution in [3.63, 3.8) is 0 Å². The monoisotopic (exact) mass is 578 g/mol. The van der Waals surface area contributed by atoms with Gasteiger partial charge in [-0.05, 0) is 96.9 Å². The second-order valence-electron chi connectivity index (χ2n) is 18.5. The molecule has 4 rings (SSSR count). The fourth-order valence-corrected chi connectivity index (χ4v) is 9.27. The van der Waals surface area contributed by atoms with Crippen LogP contribution in [0.25, 0.3) is 0 Å². The highest BCUT2D eigenvalue weighted by Gasteiger charge is 2.41. The van der Waals surface area contributed by atoms with Gasteiger partial charge in [-0.15, -0.1) is 0 Å². The Morgan fingerprint density at radius 2 is 1.38 bits per heavy atom. The maximum Gasteiger partial charge on any atom is 0.0663 e. The van der Waals surface area contributed by atoms with Gasteiger partial charge in [0.05, 0.1) is 18.5 Å². The van der Waals surface area contributed by atoms with Crippen molar-refractivity contribution in [1.82, 2.24) is 16.0 Å². The Labute approximate surface area is 260 Å². The summed E-state index contributed by atoms with van der Waals surface area (Å²) in [7, 11) is 0. The molecule has 1 saturated heterocycles. The van der Waals surface area contributed by atoms with Gasteiger partial charge in [-0.1, -0.05) is 124 Å². The van der Waals surface area contributed by atoms with Crippen LogP contribution in [0, 0.1) is 45.3 Å². The molecule has 0 aromatic heterocycles. The Morgan fingerprint density at radius 1 is 0.762 bits per heavy atom. The van der Waals surface area contributed by atoms with Crippen LogP contribution < -0.4 is 16.0 Å². The van der Waals surface area contributed by atoms with Crippen molar-refractivity contribution in [3.8, 4) is 0 Å². The standard InChI is InChI=1S/C39H67N3/c1-25-22-28(16-20-31(25)37(6,7)8)34-40-33(27-14-18-30(19-15-27)39(12,13)24-36(3,4)5)41-35(42-34)29-17-21-32(26(2)23-29)38(9,10)11/h14,18-20,25,27-29,33-35,40-42H,15-17,21-24H2,1-13H3. The molecule has 1 heterocycles. The highest BCUT2D eigenvalue weighted by molar-refractivity contribution is 5.30. The summed E-state index contributed by atoms with van der Waals surface area (Å²) in [5.41, 5.74) is 7.55. The quantitative estimate of drug-likeness (QED) is 0.285. The Hall–Kier alpha value is -1.16. The topological polar surface area (TPSA) is 36.1 Å². The van der Waals surface area contributed by atoms with Crippen LogP contribution in [0.2, 0.25) is 0 Å². The van der Waals surface area contributed by atoms with E-state index < -0.39 is 0 Å². The molecule has 0 aromatic rings. The molecule has 238 valence electrons. The third-order valence-electron chi connectivity index (χ3n) is 10.8. The van der Waals surface area contributed by atoms with Crippen LogP contribution in [0.5, 0.6) is 0 Å². The van der Waals surface area contributed by atoms with Crippen LogP contribution in [-0.2, 0) is 0 Å². The van der Waals surface area contributed by atoms with E-state index in [2.05, 4.69) is 130 Å². The van der Waals surface area contributed by atoms with Gasteiger partial charge >= 0.3 is 0 Å². The first-order valence-electron chi connectivity index (χ1n) is 17.3. The molecule has 7 atom stereocenters. The zero-order valence-electron chi connectivity index (χ0n) is 29.8. The Balaban J connectivity index is 1.54. The lowest BCUT2D eigenvalue weighted by Gasteiger charge is -2.49. The average Bonchev–Trinajstić information content (AvgIpc) is 2.85. The van der Waals surface area contributed by atoms with Gasteiger partial charge in [0.15, 0.2) is 0 Å². The van der Waals surface area contributed by atoms with Crippen molar-refractivity contribution < 1.29 is 0 Å². The molecule has 3 aliphatic carbocycles. The molecule has 3 nitrogen and oxygen atoms in total. The third-order valence-corrected chi connectivity index (χ3v) is 10.8. The molecule has 3 heteroatoms. The van der Waals surface area contributed by atoms with E-state index in [1.165, 1.54) is 44.1 Å². The molecule has 4 aliphatic rings. The van der Waals surface area contributed by atoms with Crippen LogP contribution in [0.15, 0.2) is 46.6 Å². The van der Waals surface area contributed by atoms with Gasteiger partial charge in [0.25, 0.3) is 0 Å². The van der Waals surface area contributed by atoms with Gasteiger partial charge in [0, 0.05) is 5.92 Å². The molecule has 1 fully saturated rings. The smallest absolute Gasteiger partial charge is 0.0663 e. The normalized spacial score (nSPS) is 33.9. The summed E-state index contributed by atoms with van der Waals surface area (Å²) in [6.07, 6.45) is 19.5. The van der Waals surface area contributed by atoms with E-state index in [1.54, 1.807) is 16.7 Å². The first kappa shape index (κ1) is 33.7.